The number of halogens is 1. The minimum Gasteiger partial charge on any atom is -0.495 e. The van der Waals surface area contributed by atoms with E-state index in [1.54, 1.807) is 29.7 Å². The van der Waals surface area contributed by atoms with Crippen molar-refractivity contribution >= 4 is 34.8 Å². The first-order valence-electron chi connectivity index (χ1n) is 8.13. The van der Waals surface area contributed by atoms with Crippen LogP contribution in [0.3, 0.4) is 0 Å². The number of carbonyl (C=O) groups excluding carboxylic acids is 2. The summed E-state index contributed by atoms with van der Waals surface area (Å²) in [6, 6.07) is 6.22. The summed E-state index contributed by atoms with van der Waals surface area (Å²) >= 11 is 6.03. The van der Waals surface area contributed by atoms with Gasteiger partial charge in [-0.3, -0.25) is 9.20 Å². The number of esters is 1. The second-order valence-corrected chi connectivity index (χ2v) is 6.11. The van der Waals surface area contributed by atoms with Gasteiger partial charge in [0.2, 0.25) is 0 Å². The Hall–Kier alpha value is -3.33. The highest BCUT2D eigenvalue weighted by molar-refractivity contribution is 6.32. The molecule has 0 atom stereocenters. The molecule has 0 fully saturated rings. The Morgan fingerprint density at radius 1 is 1.14 bits per heavy atom. The summed E-state index contributed by atoms with van der Waals surface area (Å²) in [5.74, 6) is 0.154. The van der Waals surface area contributed by atoms with E-state index < -0.39 is 18.5 Å². The topological polar surface area (TPSA) is 104 Å². The predicted molar refractivity (Wildman–Crippen MR) is 101 cm³/mol. The lowest BCUT2D eigenvalue weighted by molar-refractivity contribution is -0.119. The maximum absolute atomic E-state index is 12.2. The van der Waals surface area contributed by atoms with Crippen molar-refractivity contribution in [2.75, 3.05) is 26.1 Å². The molecular weight excluding hydrogens is 388 g/mol. The van der Waals surface area contributed by atoms with Crippen molar-refractivity contribution in [3.63, 3.8) is 0 Å². The normalized spacial score (nSPS) is 10.6. The Kier molecular flexibility index (Phi) is 5.65. The molecule has 0 spiro atoms. The Labute approximate surface area is 165 Å². The zero-order valence-electron chi connectivity index (χ0n) is 15.4. The third kappa shape index (κ3) is 3.99. The van der Waals surface area contributed by atoms with E-state index >= 15 is 0 Å². The number of aryl methyl sites for hydroxylation is 1. The van der Waals surface area contributed by atoms with Crippen LogP contribution in [0.25, 0.3) is 5.65 Å². The number of hydrogen-bond acceptors (Lipinski definition) is 7. The number of hydrogen-bond donors (Lipinski definition) is 1. The number of pyridine rings is 1. The van der Waals surface area contributed by atoms with Gasteiger partial charge < -0.3 is 19.5 Å². The maximum atomic E-state index is 12.2. The van der Waals surface area contributed by atoms with Crippen LogP contribution >= 0.6 is 11.6 Å². The fourth-order valence-corrected chi connectivity index (χ4v) is 2.72. The van der Waals surface area contributed by atoms with Gasteiger partial charge in [0.1, 0.15) is 17.3 Å². The highest BCUT2D eigenvalue weighted by atomic mass is 35.5. The monoisotopic (exact) mass is 404 g/mol. The number of aromatic nitrogens is 3. The van der Waals surface area contributed by atoms with Gasteiger partial charge in [0, 0.05) is 18.3 Å². The van der Waals surface area contributed by atoms with Crippen LogP contribution < -0.4 is 14.8 Å². The van der Waals surface area contributed by atoms with Crippen LogP contribution in [0.4, 0.5) is 5.69 Å². The number of nitrogens with zero attached hydrogens (tertiary/aromatic N) is 3. The molecule has 0 unspecified atom stereocenters. The average Bonchev–Trinajstić information content (AvgIpc) is 3.07. The van der Waals surface area contributed by atoms with Gasteiger partial charge in [-0.25, -0.2) is 4.79 Å². The summed E-state index contributed by atoms with van der Waals surface area (Å²) < 4.78 is 17.0. The fraction of sp³-hybridized carbons (Fsp3) is 0.222. The molecule has 0 aliphatic heterocycles. The Balaban J connectivity index is 1.66. The lowest BCUT2D eigenvalue weighted by Gasteiger charge is -2.13. The number of rotatable bonds is 6. The third-order valence-corrected chi connectivity index (χ3v) is 4.19. The number of ether oxygens (including phenoxy) is 3. The number of benzene rings is 1. The van der Waals surface area contributed by atoms with Crippen molar-refractivity contribution < 1.29 is 23.8 Å². The van der Waals surface area contributed by atoms with Gasteiger partial charge in [-0.05, 0) is 19.1 Å². The van der Waals surface area contributed by atoms with Crippen LogP contribution in [0.5, 0.6) is 11.5 Å². The summed E-state index contributed by atoms with van der Waals surface area (Å²) in [5.41, 5.74) is 1.22. The first kappa shape index (κ1) is 19.4. The zero-order chi connectivity index (χ0) is 20.3. The number of methoxy groups -OCH3 is 2. The van der Waals surface area contributed by atoms with E-state index in [0.717, 1.165) is 0 Å². The number of nitrogens with one attached hydrogen (secondary N) is 1. The molecule has 146 valence electrons. The summed E-state index contributed by atoms with van der Waals surface area (Å²) in [5, 5.41) is 10.8. The third-order valence-electron chi connectivity index (χ3n) is 3.89. The van der Waals surface area contributed by atoms with Crippen molar-refractivity contribution in [3.05, 3.63) is 46.9 Å². The van der Waals surface area contributed by atoms with Gasteiger partial charge in [0.25, 0.3) is 5.91 Å². The average molecular weight is 405 g/mol. The molecule has 3 aromatic rings. The molecule has 0 aliphatic carbocycles. The smallest absolute Gasteiger partial charge is 0.340 e. The van der Waals surface area contributed by atoms with Crippen LogP contribution in [-0.4, -0.2) is 47.3 Å². The van der Waals surface area contributed by atoms with Crippen molar-refractivity contribution in [3.8, 4) is 11.5 Å². The molecule has 0 aliphatic rings. The molecule has 3 rings (SSSR count). The minimum atomic E-state index is -0.647. The van der Waals surface area contributed by atoms with Crippen LogP contribution in [0, 0.1) is 6.92 Å². The van der Waals surface area contributed by atoms with Gasteiger partial charge in [-0.15, -0.1) is 10.2 Å². The summed E-state index contributed by atoms with van der Waals surface area (Å²) in [6.07, 6.45) is 1.55. The molecule has 28 heavy (non-hydrogen) atoms. The second-order valence-electron chi connectivity index (χ2n) is 5.70. The number of anilines is 1. The molecule has 1 N–H and O–H groups in total. The van der Waals surface area contributed by atoms with Gasteiger partial charge >= 0.3 is 5.97 Å². The van der Waals surface area contributed by atoms with E-state index in [-0.39, 0.29) is 5.56 Å². The van der Waals surface area contributed by atoms with Crippen molar-refractivity contribution in [1.29, 1.82) is 0 Å². The maximum Gasteiger partial charge on any atom is 0.340 e. The first-order valence-corrected chi connectivity index (χ1v) is 8.50. The Morgan fingerprint density at radius 2 is 1.89 bits per heavy atom. The van der Waals surface area contributed by atoms with E-state index in [9.17, 15) is 9.59 Å². The summed E-state index contributed by atoms with van der Waals surface area (Å²) in [4.78, 5) is 24.4. The molecular formula is C18H17ClN4O5. The van der Waals surface area contributed by atoms with Gasteiger partial charge in [0.05, 0.1) is 30.5 Å². The number of amides is 1. The van der Waals surface area contributed by atoms with Gasteiger partial charge in [-0.1, -0.05) is 11.6 Å². The molecule has 2 heterocycles. The molecule has 2 aromatic heterocycles. The number of fused-ring (bicyclic) bond motifs is 1. The second kappa shape index (κ2) is 8.13. The van der Waals surface area contributed by atoms with Gasteiger partial charge in [0.15, 0.2) is 12.3 Å². The van der Waals surface area contributed by atoms with E-state index in [4.69, 9.17) is 25.8 Å². The molecule has 0 saturated carbocycles. The fourth-order valence-electron chi connectivity index (χ4n) is 2.48. The predicted octanol–water partition coefficient (Wildman–Crippen LogP) is 2.50. The van der Waals surface area contributed by atoms with Crippen molar-refractivity contribution in [1.82, 2.24) is 14.6 Å². The van der Waals surface area contributed by atoms with Crippen molar-refractivity contribution in [2.45, 2.75) is 6.92 Å². The van der Waals surface area contributed by atoms with E-state index in [0.29, 0.717) is 33.7 Å². The standard InChI is InChI=1S/C18H17ClN4O5/c1-10-21-22-16-5-4-11(8-23(10)16)18(25)28-9-17(24)20-13-7-14(26-2)12(19)6-15(13)27-3/h4-8H,9H2,1-3H3,(H,20,24). The van der Waals surface area contributed by atoms with E-state index in [2.05, 4.69) is 15.5 Å². The molecule has 10 heteroatoms. The molecule has 0 bridgehead atoms. The molecule has 1 amide bonds. The molecule has 1 aromatic carbocycles. The molecule has 0 radical (unpaired) electrons. The van der Waals surface area contributed by atoms with Gasteiger partial charge in [-0.2, -0.15) is 0 Å². The van der Waals surface area contributed by atoms with Crippen LogP contribution in [0.1, 0.15) is 16.2 Å². The lowest BCUT2D eigenvalue weighted by Crippen LogP contribution is -2.21. The minimum absolute atomic E-state index is 0.272. The number of carbonyl (C=O) groups is 2. The summed E-state index contributed by atoms with van der Waals surface area (Å²) in [7, 11) is 2.90. The van der Waals surface area contributed by atoms with Crippen LogP contribution in [0.15, 0.2) is 30.5 Å². The quantitative estimate of drug-likeness (QED) is 0.629. The van der Waals surface area contributed by atoms with Crippen molar-refractivity contribution in [2.24, 2.45) is 0 Å². The highest BCUT2D eigenvalue weighted by Crippen LogP contribution is 2.35. The zero-order valence-corrected chi connectivity index (χ0v) is 16.1. The van der Waals surface area contributed by atoms with E-state index in [1.807, 2.05) is 0 Å². The largest absolute Gasteiger partial charge is 0.495 e. The Morgan fingerprint density at radius 3 is 2.61 bits per heavy atom. The Bertz CT molecular complexity index is 1050. The summed E-state index contributed by atoms with van der Waals surface area (Å²) in [6.45, 7) is 1.28. The SMILES string of the molecule is COc1cc(NC(=O)COC(=O)c2ccc3nnc(C)n3c2)c(OC)cc1Cl. The van der Waals surface area contributed by atoms with Crippen LogP contribution in [0.2, 0.25) is 5.02 Å². The highest BCUT2D eigenvalue weighted by Gasteiger charge is 2.15. The first-order chi connectivity index (χ1) is 13.4. The molecule has 0 saturated heterocycles. The van der Waals surface area contributed by atoms with Crippen LogP contribution in [-0.2, 0) is 9.53 Å². The lowest BCUT2D eigenvalue weighted by atomic mass is 10.2. The van der Waals surface area contributed by atoms with E-state index in [1.165, 1.54) is 26.4 Å². The molecule has 9 nitrogen and oxygen atoms in total.